The lowest BCUT2D eigenvalue weighted by molar-refractivity contribution is -0.140. The number of alkyl halides is 1. The highest BCUT2D eigenvalue weighted by Gasteiger charge is 1.98. The molecule has 82 valence electrons. The number of hydrogen-bond donors (Lipinski definition) is 2. The van der Waals surface area contributed by atoms with Crippen LogP contribution in [-0.4, -0.2) is 25.0 Å². The van der Waals surface area contributed by atoms with Crippen molar-refractivity contribution < 1.29 is 9.53 Å². The molecule has 0 saturated heterocycles. The summed E-state index contributed by atoms with van der Waals surface area (Å²) in [6.07, 6.45) is 0. The first kappa shape index (κ1) is 11.7. The smallest absolute Gasteiger partial charge is 0.320 e. The number of benzene rings is 1. The molecule has 1 rings (SSSR count). The summed E-state index contributed by atoms with van der Waals surface area (Å²) < 4.78 is 4.78. The van der Waals surface area contributed by atoms with Gasteiger partial charge in [-0.1, -0.05) is 0 Å². The van der Waals surface area contributed by atoms with E-state index in [1.807, 2.05) is 12.1 Å². The maximum atomic E-state index is 10.7. The number of ether oxygens (including phenoxy) is 1. The monoisotopic (exact) mass is 228 g/mol. The lowest BCUT2D eigenvalue weighted by atomic mass is 10.3. The number of rotatable bonds is 5. The SMILES string of the molecule is Nc1ccc(NCCOC(=O)CCl)cc1. The molecule has 4 nitrogen and oxygen atoms in total. The van der Waals surface area contributed by atoms with Crippen LogP contribution in [0.25, 0.3) is 0 Å². The van der Waals surface area contributed by atoms with E-state index < -0.39 is 5.97 Å². The Kier molecular flexibility index (Phi) is 4.77. The van der Waals surface area contributed by atoms with Gasteiger partial charge in [-0.15, -0.1) is 11.6 Å². The molecule has 3 N–H and O–H groups in total. The predicted molar refractivity (Wildman–Crippen MR) is 61.0 cm³/mol. The van der Waals surface area contributed by atoms with Crippen LogP contribution in [0.1, 0.15) is 0 Å². The minimum atomic E-state index is -0.407. The third-order valence-corrected chi connectivity index (χ3v) is 1.93. The van der Waals surface area contributed by atoms with E-state index in [-0.39, 0.29) is 5.88 Å². The van der Waals surface area contributed by atoms with E-state index in [1.165, 1.54) is 0 Å². The van der Waals surface area contributed by atoms with Crippen molar-refractivity contribution in [1.29, 1.82) is 0 Å². The van der Waals surface area contributed by atoms with Crippen molar-refractivity contribution in [2.24, 2.45) is 0 Å². The van der Waals surface area contributed by atoms with Crippen LogP contribution >= 0.6 is 11.6 Å². The highest BCUT2D eigenvalue weighted by atomic mass is 35.5. The molecule has 0 radical (unpaired) electrons. The Hall–Kier alpha value is -1.42. The van der Waals surface area contributed by atoms with E-state index in [2.05, 4.69) is 5.32 Å². The van der Waals surface area contributed by atoms with E-state index in [1.54, 1.807) is 12.1 Å². The summed E-state index contributed by atoms with van der Waals surface area (Å²) >= 11 is 5.26. The van der Waals surface area contributed by atoms with Crippen LogP contribution in [0.4, 0.5) is 11.4 Å². The summed E-state index contributed by atoms with van der Waals surface area (Å²) in [5.41, 5.74) is 7.18. The minimum Gasteiger partial charge on any atom is -0.463 e. The number of carbonyl (C=O) groups is 1. The third kappa shape index (κ3) is 4.56. The molecule has 0 bridgehead atoms. The van der Waals surface area contributed by atoms with Gasteiger partial charge in [0, 0.05) is 17.9 Å². The molecule has 0 saturated carbocycles. The molecule has 0 amide bonds. The zero-order chi connectivity index (χ0) is 11.1. The summed E-state index contributed by atoms with van der Waals surface area (Å²) in [7, 11) is 0. The largest absolute Gasteiger partial charge is 0.463 e. The second-order valence-corrected chi connectivity index (χ2v) is 3.17. The normalized spacial score (nSPS) is 9.67. The molecule has 15 heavy (non-hydrogen) atoms. The van der Waals surface area contributed by atoms with Gasteiger partial charge in [0.15, 0.2) is 0 Å². The fraction of sp³-hybridized carbons (Fsp3) is 0.300. The van der Waals surface area contributed by atoms with Crippen molar-refractivity contribution in [3.8, 4) is 0 Å². The summed E-state index contributed by atoms with van der Waals surface area (Å²) in [5, 5.41) is 3.08. The fourth-order valence-electron chi connectivity index (χ4n) is 1.000. The van der Waals surface area contributed by atoms with Gasteiger partial charge in [0.1, 0.15) is 12.5 Å². The number of hydrogen-bond acceptors (Lipinski definition) is 4. The molecule has 0 fully saturated rings. The van der Waals surface area contributed by atoms with Crippen molar-refractivity contribution in [2.75, 3.05) is 30.1 Å². The predicted octanol–water partition coefficient (Wildman–Crippen LogP) is 1.46. The zero-order valence-electron chi connectivity index (χ0n) is 8.20. The Bertz CT molecular complexity index is 314. The number of nitrogens with two attached hydrogens (primary N) is 1. The summed E-state index contributed by atoms with van der Waals surface area (Å²) in [6.45, 7) is 0.850. The number of nitrogen functional groups attached to an aromatic ring is 1. The van der Waals surface area contributed by atoms with Gasteiger partial charge in [0.05, 0.1) is 0 Å². The van der Waals surface area contributed by atoms with Crippen molar-refractivity contribution in [1.82, 2.24) is 0 Å². The van der Waals surface area contributed by atoms with Crippen molar-refractivity contribution in [3.05, 3.63) is 24.3 Å². The lowest BCUT2D eigenvalue weighted by Crippen LogP contribution is -2.14. The summed E-state index contributed by atoms with van der Waals surface area (Å²) in [6, 6.07) is 7.32. The molecule has 0 aromatic heterocycles. The van der Waals surface area contributed by atoms with Crippen LogP contribution in [-0.2, 0) is 9.53 Å². The van der Waals surface area contributed by atoms with Crippen LogP contribution in [0.15, 0.2) is 24.3 Å². The topological polar surface area (TPSA) is 64.3 Å². The molecule has 0 heterocycles. The quantitative estimate of drug-likeness (QED) is 0.347. The molecule has 0 atom stereocenters. The maximum Gasteiger partial charge on any atom is 0.320 e. The van der Waals surface area contributed by atoms with Crippen molar-refractivity contribution in [3.63, 3.8) is 0 Å². The highest BCUT2D eigenvalue weighted by molar-refractivity contribution is 6.26. The molecule has 0 unspecified atom stereocenters. The van der Waals surface area contributed by atoms with Crippen LogP contribution in [0.3, 0.4) is 0 Å². The number of halogens is 1. The molecule has 0 aliphatic rings. The van der Waals surface area contributed by atoms with E-state index in [4.69, 9.17) is 22.1 Å². The molecule has 1 aromatic rings. The van der Waals surface area contributed by atoms with Crippen LogP contribution in [0, 0.1) is 0 Å². The van der Waals surface area contributed by atoms with Gasteiger partial charge in [-0.2, -0.15) is 0 Å². The minimum absolute atomic E-state index is 0.109. The molecular formula is C10H13ClN2O2. The summed E-state index contributed by atoms with van der Waals surface area (Å²) in [5.74, 6) is -0.516. The van der Waals surface area contributed by atoms with Crippen LogP contribution in [0.5, 0.6) is 0 Å². The van der Waals surface area contributed by atoms with Gasteiger partial charge in [-0.25, -0.2) is 0 Å². The number of esters is 1. The van der Waals surface area contributed by atoms with E-state index in [9.17, 15) is 4.79 Å². The van der Waals surface area contributed by atoms with Gasteiger partial charge in [0.25, 0.3) is 0 Å². The molecule has 0 aliphatic carbocycles. The molecular weight excluding hydrogens is 216 g/mol. The number of carbonyl (C=O) groups excluding carboxylic acids is 1. The van der Waals surface area contributed by atoms with Crippen LogP contribution in [0.2, 0.25) is 0 Å². The first-order valence-corrected chi connectivity index (χ1v) is 5.07. The number of anilines is 2. The van der Waals surface area contributed by atoms with Gasteiger partial charge >= 0.3 is 5.97 Å². The van der Waals surface area contributed by atoms with Gasteiger partial charge in [-0.05, 0) is 24.3 Å². The van der Waals surface area contributed by atoms with Crippen molar-refractivity contribution >= 4 is 28.9 Å². The average Bonchev–Trinajstić information content (AvgIpc) is 2.26. The standard InChI is InChI=1S/C10H13ClN2O2/c11-7-10(14)15-6-5-13-9-3-1-8(12)2-4-9/h1-4,13H,5-7,12H2. The summed E-state index contributed by atoms with van der Waals surface area (Å²) in [4.78, 5) is 10.7. The molecule has 0 spiro atoms. The Morgan fingerprint density at radius 3 is 2.67 bits per heavy atom. The van der Waals surface area contributed by atoms with Crippen molar-refractivity contribution in [2.45, 2.75) is 0 Å². The van der Waals surface area contributed by atoms with Gasteiger partial charge in [0.2, 0.25) is 0 Å². The highest BCUT2D eigenvalue weighted by Crippen LogP contribution is 2.09. The Balaban J connectivity index is 2.20. The van der Waals surface area contributed by atoms with E-state index in [0.29, 0.717) is 18.8 Å². The Morgan fingerprint density at radius 2 is 2.07 bits per heavy atom. The maximum absolute atomic E-state index is 10.7. The third-order valence-electron chi connectivity index (χ3n) is 1.71. The molecule has 0 aliphatic heterocycles. The van der Waals surface area contributed by atoms with Gasteiger partial charge < -0.3 is 15.8 Å². The first-order chi connectivity index (χ1) is 7.22. The number of nitrogens with one attached hydrogen (secondary N) is 1. The van der Waals surface area contributed by atoms with Crippen LogP contribution < -0.4 is 11.1 Å². The fourth-order valence-corrected chi connectivity index (χ4v) is 1.08. The Labute approximate surface area is 93.4 Å². The zero-order valence-corrected chi connectivity index (χ0v) is 8.96. The first-order valence-electron chi connectivity index (χ1n) is 4.53. The molecule has 5 heteroatoms. The lowest BCUT2D eigenvalue weighted by Gasteiger charge is -2.06. The Morgan fingerprint density at radius 1 is 1.40 bits per heavy atom. The second-order valence-electron chi connectivity index (χ2n) is 2.90. The van der Waals surface area contributed by atoms with E-state index >= 15 is 0 Å². The van der Waals surface area contributed by atoms with E-state index in [0.717, 1.165) is 5.69 Å². The van der Waals surface area contributed by atoms with Gasteiger partial charge in [-0.3, -0.25) is 4.79 Å². The average molecular weight is 229 g/mol. The molecule has 1 aromatic carbocycles. The second kappa shape index (κ2) is 6.14.